The van der Waals surface area contributed by atoms with Crippen LogP contribution in [-0.2, 0) is 14.3 Å². The molecule has 3 amide bonds. The number of nitrogens with zero attached hydrogens (tertiary/aromatic N) is 1. The molecule has 7 heteroatoms. The molecule has 1 rings (SSSR count). The normalized spacial score (nSPS) is 15.3. The van der Waals surface area contributed by atoms with Gasteiger partial charge in [0.15, 0.2) is 0 Å². The maximum atomic E-state index is 14.5. The van der Waals surface area contributed by atoms with Crippen LogP contribution in [-0.4, -0.2) is 46.0 Å². The van der Waals surface area contributed by atoms with Gasteiger partial charge in [-0.05, 0) is 85.6 Å². The predicted molar refractivity (Wildman–Crippen MR) is 155 cm³/mol. The van der Waals surface area contributed by atoms with Crippen molar-refractivity contribution in [3.05, 3.63) is 35.4 Å². The largest absolute Gasteiger partial charge is 0.444 e. The number of benzene rings is 1. The second kappa shape index (κ2) is 14.0. The Kier molecular flexibility index (Phi) is 12.3. The molecule has 0 saturated carbocycles. The monoisotopic (exact) mass is 531 g/mol. The number of hydrogen-bond acceptors (Lipinski definition) is 4. The summed E-state index contributed by atoms with van der Waals surface area (Å²) in [5.74, 6) is -0.248. The Balaban J connectivity index is 3.67. The minimum Gasteiger partial charge on any atom is -0.444 e. The van der Waals surface area contributed by atoms with Crippen LogP contribution < -0.4 is 10.6 Å². The summed E-state index contributed by atoms with van der Waals surface area (Å²) in [7, 11) is 0. The van der Waals surface area contributed by atoms with Gasteiger partial charge >= 0.3 is 6.09 Å². The third-order valence-corrected chi connectivity index (χ3v) is 6.46. The lowest BCUT2D eigenvalue weighted by molar-refractivity contribution is -0.146. The second-order valence-corrected chi connectivity index (χ2v) is 13.1. The van der Waals surface area contributed by atoms with E-state index < -0.39 is 29.3 Å². The van der Waals surface area contributed by atoms with E-state index in [1.807, 2.05) is 72.7 Å². The first-order valence-electron chi connectivity index (χ1n) is 14.1. The number of aryl methyl sites for hydroxylation is 1. The molecule has 0 aromatic heterocycles. The van der Waals surface area contributed by atoms with Gasteiger partial charge < -0.3 is 20.3 Å². The second-order valence-electron chi connectivity index (χ2n) is 13.1. The van der Waals surface area contributed by atoms with Crippen molar-refractivity contribution in [1.29, 1.82) is 0 Å². The molecule has 0 aliphatic carbocycles. The fourth-order valence-electron chi connectivity index (χ4n) is 4.22. The number of carbonyl (C=O) groups excluding carboxylic acids is 3. The van der Waals surface area contributed by atoms with Crippen LogP contribution in [0.1, 0.15) is 113 Å². The molecule has 0 fully saturated rings. The molecule has 0 aliphatic rings. The highest BCUT2D eigenvalue weighted by molar-refractivity contribution is 5.92. The Hall–Kier alpha value is -2.57. The number of ether oxygens (including phenoxy) is 1. The van der Waals surface area contributed by atoms with Crippen molar-refractivity contribution < 1.29 is 19.1 Å². The quantitative estimate of drug-likeness (QED) is 0.339. The Morgan fingerprint density at radius 2 is 1.47 bits per heavy atom. The van der Waals surface area contributed by atoms with Gasteiger partial charge in [-0.1, -0.05) is 63.9 Å². The zero-order valence-corrected chi connectivity index (χ0v) is 25.9. The summed E-state index contributed by atoms with van der Waals surface area (Å²) in [4.78, 5) is 42.9. The van der Waals surface area contributed by atoms with Crippen molar-refractivity contribution in [3.63, 3.8) is 0 Å². The van der Waals surface area contributed by atoms with Crippen LogP contribution in [0.3, 0.4) is 0 Å². The summed E-state index contributed by atoms with van der Waals surface area (Å²) in [6.07, 6.45) is 1.66. The molecule has 216 valence electrons. The van der Waals surface area contributed by atoms with Gasteiger partial charge in [-0.25, -0.2) is 4.79 Å². The number of nitrogens with one attached hydrogen (secondary N) is 2. The third kappa shape index (κ3) is 11.0. The Bertz CT molecular complexity index is 913. The van der Waals surface area contributed by atoms with E-state index in [4.69, 9.17) is 4.74 Å². The Labute approximate surface area is 231 Å². The zero-order chi connectivity index (χ0) is 29.4. The summed E-state index contributed by atoms with van der Waals surface area (Å²) in [5, 5.41) is 5.94. The van der Waals surface area contributed by atoms with Gasteiger partial charge in [0.1, 0.15) is 17.7 Å². The molecule has 4 atom stereocenters. The standard InChI is InChI=1S/C31H53N3O4/c1-13-22(5)25(32-29(37)38-31(10,11)12)28(36)34(23(6)17-14-20(2)3)26(27(35)33-30(7,8)9)24-18-15-21(4)16-19-24/h15-16,18-20,22-23,25-26H,13-14,17H2,1-12H3,(H,32,37)(H,33,35). The first-order valence-corrected chi connectivity index (χ1v) is 14.1. The highest BCUT2D eigenvalue weighted by Crippen LogP contribution is 2.29. The smallest absolute Gasteiger partial charge is 0.408 e. The molecule has 0 aliphatic heterocycles. The van der Waals surface area contributed by atoms with Crippen molar-refractivity contribution in [2.45, 2.75) is 132 Å². The molecular weight excluding hydrogens is 478 g/mol. The summed E-state index contributed by atoms with van der Waals surface area (Å²) in [6.45, 7) is 23.4. The number of carbonyl (C=O) groups is 3. The van der Waals surface area contributed by atoms with Gasteiger partial charge in [-0.15, -0.1) is 0 Å². The Morgan fingerprint density at radius 3 is 1.92 bits per heavy atom. The van der Waals surface area contributed by atoms with E-state index in [1.54, 1.807) is 25.7 Å². The van der Waals surface area contributed by atoms with Gasteiger partial charge in [0, 0.05) is 11.6 Å². The average molecular weight is 532 g/mol. The Morgan fingerprint density at radius 1 is 0.921 bits per heavy atom. The molecule has 2 N–H and O–H groups in total. The van der Waals surface area contributed by atoms with E-state index in [0.29, 0.717) is 12.3 Å². The SMILES string of the molecule is CCC(C)C(NC(=O)OC(C)(C)C)C(=O)N(C(C)CCC(C)C)C(C(=O)NC(C)(C)C)c1ccc(C)cc1. The summed E-state index contributed by atoms with van der Waals surface area (Å²) in [6, 6.07) is 5.81. The van der Waals surface area contributed by atoms with E-state index in [-0.39, 0.29) is 23.8 Å². The minimum atomic E-state index is -0.850. The fraction of sp³-hybridized carbons (Fsp3) is 0.710. The number of hydrogen-bond donors (Lipinski definition) is 2. The van der Waals surface area contributed by atoms with Crippen molar-refractivity contribution in [2.24, 2.45) is 11.8 Å². The van der Waals surface area contributed by atoms with Crippen LogP contribution in [0, 0.1) is 18.8 Å². The molecule has 1 aromatic rings. The van der Waals surface area contributed by atoms with Crippen molar-refractivity contribution in [3.8, 4) is 0 Å². The summed E-state index contributed by atoms with van der Waals surface area (Å²) in [5.41, 5.74) is 0.621. The van der Waals surface area contributed by atoms with Crippen molar-refractivity contribution in [1.82, 2.24) is 15.5 Å². The fourth-order valence-corrected chi connectivity index (χ4v) is 4.22. The highest BCUT2D eigenvalue weighted by atomic mass is 16.6. The molecule has 0 radical (unpaired) electrons. The third-order valence-electron chi connectivity index (χ3n) is 6.46. The topological polar surface area (TPSA) is 87.7 Å². The molecule has 0 heterocycles. The van der Waals surface area contributed by atoms with Crippen LogP contribution >= 0.6 is 0 Å². The van der Waals surface area contributed by atoms with Crippen LogP contribution in [0.15, 0.2) is 24.3 Å². The lowest BCUT2D eigenvalue weighted by Gasteiger charge is -2.40. The van der Waals surface area contributed by atoms with Gasteiger partial charge in [0.25, 0.3) is 0 Å². The highest BCUT2D eigenvalue weighted by Gasteiger charge is 2.41. The average Bonchev–Trinajstić information content (AvgIpc) is 2.76. The van der Waals surface area contributed by atoms with Crippen LogP contribution in [0.4, 0.5) is 4.79 Å². The maximum absolute atomic E-state index is 14.5. The molecule has 4 unspecified atom stereocenters. The first kappa shape index (κ1) is 33.5. The maximum Gasteiger partial charge on any atom is 0.408 e. The van der Waals surface area contributed by atoms with Gasteiger partial charge in [0.05, 0.1) is 0 Å². The molecule has 1 aromatic carbocycles. The summed E-state index contributed by atoms with van der Waals surface area (Å²) >= 11 is 0. The van der Waals surface area contributed by atoms with E-state index in [0.717, 1.165) is 24.0 Å². The van der Waals surface area contributed by atoms with E-state index in [9.17, 15) is 14.4 Å². The molecule has 38 heavy (non-hydrogen) atoms. The zero-order valence-electron chi connectivity index (χ0n) is 25.9. The van der Waals surface area contributed by atoms with E-state index >= 15 is 0 Å². The lowest BCUT2D eigenvalue weighted by atomic mass is 9.92. The molecule has 0 spiro atoms. The molecule has 0 bridgehead atoms. The lowest BCUT2D eigenvalue weighted by Crippen LogP contribution is -2.58. The van der Waals surface area contributed by atoms with E-state index in [2.05, 4.69) is 24.5 Å². The molecule has 7 nitrogen and oxygen atoms in total. The van der Waals surface area contributed by atoms with Crippen LogP contribution in [0.25, 0.3) is 0 Å². The van der Waals surface area contributed by atoms with E-state index in [1.165, 1.54) is 0 Å². The number of rotatable bonds is 11. The van der Waals surface area contributed by atoms with Crippen LogP contribution in [0.2, 0.25) is 0 Å². The predicted octanol–water partition coefficient (Wildman–Crippen LogP) is 6.54. The van der Waals surface area contributed by atoms with Gasteiger partial charge in [0.2, 0.25) is 11.8 Å². The number of alkyl carbamates (subject to hydrolysis) is 1. The van der Waals surface area contributed by atoms with Gasteiger partial charge in [-0.2, -0.15) is 0 Å². The summed E-state index contributed by atoms with van der Waals surface area (Å²) < 4.78 is 5.50. The molecule has 0 saturated heterocycles. The van der Waals surface area contributed by atoms with Crippen molar-refractivity contribution in [2.75, 3.05) is 0 Å². The van der Waals surface area contributed by atoms with Crippen molar-refractivity contribution >= 4 is 17.9 Å². The van der Waals surface area contributed by atoms with Gasteiger partial charge in [-0.3, -0.25) is 9.59 Å². The number of amides is 3. The first-order chi connectivity index (χ1) is 17.4. The molecular formula is C31H53N3O4. The minimum absolute atomic E-state index is 0.167. The van der Waals surface area contributed by atoms with Crippen LogP contribution in [0.5, 0.6) is 0 Å².